The van der Waals surface area contributed by atoms with Crippen molar-refractivity contribution < 1.29 is 4.79 Å². The topological polar surface area (TPSA) is 54.0 Å². The molecule has 1 heterocycles. The number of nitrogens with one attached hydrogen (secondary N) is 2. The molecule has 4 nitrogen and oxygen atoms in total. The van der Waals surface area contributed by atoms with Crippen molar-refractivity contribution in [2.45, 2.75) is 19.9 Å². The number of hydrogen-bond donors (Lipinski definition) is 2. The van der Waals surface area contributed by atoms with Gasteiger partial charge in [0.25, 0.3) is 0 Å². The smallest absolute Gasteiger partial charge is 0.315 e. The highest BCUT2D eigenvalue weighted by molar-refractivity contribution is 7.09. The largest absolute Gasteiger partial charge is 0.338 e. The quantitative estimate of drug-likeness (QED) is 0.891. The van der Waals surface area contributed by atoms with Crippen LogP contribution >= 0.6 is 22.9 Å². The minimum Gasteiger partial charge on any atom is -0.338 e. The molecule has 0 bridgehead atoms. The third-order valence-electron chi connectivity index (χ3n) is 2.68. The van der Waals surface area contributed by atoms with Gasteiger partial charge in [0, 0.05) is 29.9 Å². The van der Waals surface area contributed by atoms with E-state index in [1.165, 1.54) is 0 Å². The van der Waals surface area contributed by atoms with Crippen molar-refractivity contribution in [2.24, 2.45) is 0 Å². The van der Waals surface area contributed by atoms with Gasteiger partial charge >= 0.3 is 6.03 Å². The summed E-state index contributed by atoms with van der Waals surface area (Å²) in [6, 6.07) is 7.24. The van der Waals surface area contributed by atoms with Gasteiger partial charge in [0.2, 0.25) is 0 Å². The van der Waals surface area contributed by atoms with Crippen LogP contribution < -0.4 is 10.6 Å². The fourth-order valence-electron chi connectivity index (χ4n) is 1.72. The Kier molecular flexibility index (Phi) is 5.38. The number of thiazole rings is 1. The van der Waals surface area contributed by atoms with E-state index in [2.05, 4.69) is 15.6 Å². The van der Waals surface area contributed by atoms with Crippen LogP contribution in [-0.4, -0.2) is 17.6 Å². The molecule has 0 aliphatic rings. The first-order valence-corrected chi connectivity index (χ1v) is 7.56. The van der Waals surface area contributed by atoms with Gasteiger partial charge in [0.1, 0.15) is 0 Å². The molecule has 20 heavy (non-hydrogen) atoms. The van der Waals surface area contributed by atoms with Gasteiger partial charge in [-0.1, -0.05) is 23.7 Å². The van der Waals surface area contributed by atoms with Crippen molar-refractivity contribution in [3.8, 4) is 0 Å². The number of benzene rings is 1. The van der Waals surface area contributed by atoms with E-state index in [0.29, 0.717) is 18.1 Å². The predicted molar refractivity (Wildman–Crippen MR) is 82.2 cm³/mol. The average Bonchev–Trinajstić information content (AvgIpc) is 2.82. The third-order valence-corrected chi connectivity index (χ3v) is 3.73. The molecule has 0 atom stereocenters. The van der Waals surface area contributed by atoms with Crippen molar-refractivity contribution in [1.29, 1.82) is 0 Å². The molecular formula is C14H16ClN3OS. The van der Waals surface area contributed by atoms with Crippen molar-refractivity contribution in [2.75, 3.05) is 6.54 Å². The maximum atomic E-state index is 11.6. The summed E-state index contributed by atoms with van der Waals surface area (Å²) in [6.07, 6.45) is 0.745. The number of halogens is 1. The highest BCUT2D eigenvalue weighted by atomic mass is 35.5. The van der Waals surface area contributed by atoms with Crippen molar-refractivity contribution in [3.63, 3.8) is 0 Å². The Labute approximate surface area is 127 Å². The van der Waals surface area contributed by atoms with Gasteiger partial charge in [0.15, 0.2) is 0 Å². The van der Waals surface area contributed by atoms with Gasteiger partial charge in [-0.15, -0.1) is 11.3 Å². The molecule has 2 aromatic rings. The van der Waals surface area contributed by atoms with E-state index in [9.17, 15) is 4.79 Å². The van der Waals surface area contributed by atoms with E-state index in [4.69, 9.17) is 11.6 Å². The Bertz CT molecular complexity index is 585. The molecule has 0 spiro atoms. The van der Waals surface area contributed by atoms with Crippen LogP contribution in [0.3, 0.4) is 0 Å². The lowest BCUT2D eigenvalue weighted by Crippen LogP contribution is -2.36. The van der Waals surface area contributed by atoms with E-state index in [1.807, 2.05) is 30.5 Å². The Morgan fingerprint density at radius 2 is 2.25 bits per heavy atom. The molecule has 0 aliphatic heterocycles. The SMILES string of the molecule is Cc1nc(CCNC(=O)NCc2cccc(Cl)c2)cs1. The van der Waals surface area contributed by atoms with Crippen LogP contribution in [0, 0.1) is 6.92 Å². The number of amides is 2. The molecule has 1 aromatic carbocycles. The first-order valence-electron chi connectivity index (χ1n) is 6.30. The van der Waals surface area contributed by atoms with Crippen LogP contribution in [0.1, 0.15) is 16.3 Å². The van der Waals surface area contributed by atoms with E-state index in [0.717, 1.165) is 22.7 Å². The number of carbonyl (C=O) groups excluding carboxylic acids is 1. The Morgan fingerprint density at radius 1 is 1.40 bits per heavy atom. The zero-order valence-corrected chi connectivity index (χ0v) is 12.7. The summed E-state index contributed by atoms with van der Waals surface area (Å²) in [5.74, 6) is 0. The standard InChI is InChI=1S/C14H16ClN3OS/c1-10-18-13(9-20-10)5-6-16-14(19)17-8-11-3-2-4-12(15)7-11/h2-4,7,9H,5-6,8H2,1H3,(H2,16,17,19). The monoisotopic (exact) mass is 309 g/mol. The Morgan fingerprint density at radius 3 is 2.95 bits per heavy atom. The molecule has 2 rings (SSSR count). The molecule has 106 valence electrons. The van der Waals surface area contributed by atoms with Crippen LogP contribution in [0.2, 0.25) is 5.02 Å². The second kappa shape index (κ2) is 7.26. The van der Waals surface area contributed by atoms with Crippen LogP contribution in [0.25, 0.3) is 0 Å². The van der Waals surface area contributed by atoms with Crippen LogP contribution in [0.15, 0.2) is 29.6 Å². The van der Waals surface area contributed by atoms with Gasteiger partial charge < -0.3 is 10.6 Å². The number of hydrogen-bond acceptors (Lipinski definition) is 3. The summed E-state index contributed by atoms with van der Waals surface area (Å²) >= 11 is 7.50. The minimum absolute atomic E-state index is 0.183. The van der Waals surface area contributed by atoms with Crippen molar-refractivity contribution in [3.05, 3.63) is 50.9 Å². The van der Waals surface area contributed by atoms with Gasteiger partial charge in [0.05, 0.1) is 10.7 Å². The fourth-order valence-corrected chi connectivity index (χ4v) is 2.58. The third kappa shape index (κ3) is 4.83. The lowest BCUT2D eigenvalue weighted by Gasteiger charge is -2.07. The lowest BCUT2D eigenvalue weighted by molar-refractivity contribution is 0.240. The van der Waals surface area contributed by atoms with E-state index in [1.54, 1.807) is 17.4 Å². The molecule has 0 saturated heterocycles. The van der Waals surface area contributed by atoms with E-state index >= 15 is 0 Å². The molecule has 0 aliphatic carbocycles. The van der Waals surface area contributed by atoms with Gasteiger partial charge in [-0.3, -0.25) is 0 Å². The molecule has 0 fully saturated rings. The molecule has 0 unspecified atom stereocenters. The van der Waals surface area contributed by atoms with Crippen LogP contribution in [0.4, 0.5) is 4.79 Å². The van der Waals surface area contributed by atoms with Crippen LogP contribution in [-0.2, 0) is 13.0 Å². The zero-order chi connectivity index (χ0) is 14.4. The molecule has 1 aromatic heterocycles. The van der Waals surface area contributed by atoms with Crippen molar-refractivity contribution >= 4 is 29.0 Å². The van der Waals surface area contributed by atoms with Gasteiger partial charge in [-0.25, -0.2) is 9.78 Å². The number of rotatable bonds is 5. The molecule has 6 heteroatoms. The summed E-state index contributed by atoms with van der Waals surface area (Å²) < 4.78 is 0. The predicted octanol–water partition coefficient (Wildman–Crippen LogP) is 3.15. The molecule has 0 saturated carbocycles. The lowest BCUT2D eigenvalue weighted by atomic mass is 10.2. The summed E-state index contributed by atoms with van der Waals surface area (Å²) in [6.45, 7) is 3.01. The first-order chi connectivity index (χ1) is 9.63. The zero-order valence-electron chi connectivity index (χ0n) is 11.1. The number of urea groups is 1. The molecule has 2 amide bonds. The fraction of sp³-hybridized carbons (Fsp3) is 0.286. The second-order valence-corrected chi connectivity index (χ2v) is 5.85. The number of nitrogens with zero attached hydrogens (tertiary/aromatic N) is 1. The molecular weight excluding hydrogens is 294 g/mol. The molecule has 2 N–H and O–H groups in total. The highest BCUT2D eigenvalue weighted by Gasteiger charge is 2.02. The van der Waals surface area contributed by atoms with Gasteiger partial charge in [-0.2, -0.15) is 0 Å². The summed E-state index contributed by atoms with van der Waals surface area (Å²) in [7, 11) is 0. The van der Waals surface area contributed by atoms with Crippen molar-refractivity contribution in [1.82, 2.24) is 15.6 Å². The molecule has 0 radical (unpaired) electrons. The number of aryl methyl sites for hydroxylation is 1. The first kappa shape index (κ1) is 14.8. The van der Waals surface area contributed by atoms with Crippen LogP contribution in [0.5, 0.6) is 0 Å². The number of carbonyl (C=O) groups is 1. The summed E-state index contributed by atoms with van der Waals surface area (Å²) in [5, 5.41) is 9.33. The summed E-state index contributed by atoms with van der Waals surface area (Å²) in [4.78, 5) is 16.0. The van der Waals surface area contributed by atoms with E-state index in [-0.39, 0.29) is 6.03 Å². The highest BCUT2D eigenvalue weighted by Crippen LogP contribution is 2.10. The summed E-state index contributed by atoms with van der Waals surface area (Å²) in [5.41, 5.74) is 1.99. The maximum Gasteiger partial charge on any atom is 0.315 e. The normalized spacial score (nSPS) is 10.3. The van der Waals surface area contributed by atoms with Gasteiger partial charge in [-0.05, 0) is 24.6 Å². The number of aromatic nitrogens is 1. The second-order valence-electron chi connectivity index (χ2n) is 4.35. The Hall–Kier alpha value is -1.59. The Balaban J connectivity index is 1.68. The minimum atomic E-state index is -0.183. The van der Waals surface area contributed by atoms with E-state index < -0.39 is 0 Å². The maximum absolute atomic E-state index is 11.6. The average molecular weight is 310 g/mol.